The van der Waals surface area contributed by atoms with Crippen LogP contribution < -0.4 is 10.1 Å². The van der Waals surface area contributed by atoms with Gasteiger partial charge in [-0.3, -0.25) is 4.98 Å². The number of nitrogens with zero attached hydrogens (tertiary/aromatic N) is 3. The number of aromatic nitrogens is 3. The Kier molecular flexibility index (Phi) is 5.84. The first-order chi connectivity index (χ1) is 13.5. The summed E-state index contributed by atoms with van der Waals surface area (Å²) in [4.78, 5) is 25.3. The predicted octanol–water partition coefficient (Wildman–Crippen LogP) is 3.56. The fourth-order valence-corrected chi connectivity index (χ4v) is 2.75. The van der Waals surface area contributed by atoms with Crippen molar-refractivity contribution in [3.05, 3.63) is 65.1 Å². The van der Waals surface area contributed by atoms with Gasteiger partial charge in [0.1, 0.15) is 17.1 Å². The van der Waals surface area contributed by atoms with E-state index in [4.69, 9.17) is 9.47 Å². The molecule has 7 nitrogen and oxygen atoms in total. The van der Waals surface area contributed by atoms with E-state index in [-0.39, 0.29) is 0 Å². The number of hydrogen-bond acceptors (Lipinski definition) is 7. The maximum atomic E-state index is 12.0. The fourth-order valence-electron chi connectivity index (χ4n) is 2.75. The van der Waals surface area contributed by atoms with Crippen LogP contribution in [0.4, 0.5) is 5.82 Å². The first kappa shape index (κ1) is 19.3. The summed E-state index contributed by atoms with van der Waals surface area (Å²) in [6.07, 6.45) is 3.45. The number of benzene rings is 1. The number of rotatable bonds is 6. The number of methoxy groups -OCH3 is 2. The van der Waals surface area contributed by atoms with Gasteiger partial charge in [-0.2, -0.15) is 0 Å². The van der Waals surface area contributed by atoms with Crippen molar-refractivity contribution < 1.29 is 14.3 Å². The maximum Gasteiger partial charge on any atom is 0.341 e. The molecule has 144 valence electrons. The zero-order valence-electron chi connectivity index (χ0n) is 16.3. The zero-order valence-corrected chi connectivity index (χ0v) is 16.3. The van der Waals surface area contributed by atoms with Crippen LogP contribution in [-0.4, -0.2) is 35.1 Å². The molecule has 28 heavy (non-hydrogen) atoms. The molecule has 0 spiro atoms. The Morgan fingerprint density at radius 1 is 1.14 bits per heavy atom. The number of carbonyl (C=O) groups excluding carboxylic acids is 1. The molecule has 2 aromatic heterocycles. The van der Waals surface area contributed by atoms with Gasteiger partial charge in [-0.1, -0.05) is 6.07 Å². The molecule has 3 rings (SSSR count). The minimum atomic E-state index is -0.438. The van der Waals surface area contributed by atoms with E-state index in [1.165, 1.54) is 14.2 Å². The van der Waals surface area contributed by atoms with Crippen molar-refractivity contribution in [2.24, 2.45) is 0 Å². The van der Waals surface area contributed by atoms with Crippen molar-refractivity contribution in [3.63, 3.8) is 0 Å². The van der Waals surface area contributed by atoms with E-state index in [9.17, 15) is 4.79 Å². The first-order valence-electron chi connectivity index (χ1n) is 8.78. The molecular weight excluding hydrogens is 356 g/mol. The average molecular weight is 378 g/mol. The van der Waals surface area contributed by atoms with Gasteiger partial charge in [0.2, 0.25) is 0 Å². The van der Waals surface area contributed by atoms with Crippen molar-refractivity contribution in [1.82, 2.24) is 15.0 Å². The van der Waals surface area contributed by atoms with Crippen molar-refractivity contribution in [2.45, 2.75) is 20.4 Å². The highest BCUT2D eigenvalue weighted by Gasteiger charge is 2.14. The molecule has 0 bridgehead atoms. The monoisotopic (exact) mass is 378 g/mol. The highest BCUT2D eigenvalue weighted by molar-refractivity contribution is 5.92. The van der Waals surface area contributed by atoms with Crippen LogP contribution in [0.25, 0.3) is 11.4 Å². The van der Waals surface area contributed by atoms with Gasteiger partial charge in [-0.15, -0.1) is 0 Å². The van der Waals surface area contributed by atoms with Crippen LogP contribution in [0.3, 0.4) is 0 Å². The Bertz CT molecular complexity index is 990. The number of ether oxygens (including phenoxy) is 2. The molecule has 0 saturated heterocycles. The summed E-state index contributed by atoms with van der Waals surface area (Å²) in [6.45, 7) is 4.40. The summed E-state index contributed by atoms with van der Waals surface area (Å²) in [6, 6.07) is 9.18. The van der Waals surface area contributed by atoms with Crippen LogP contribution in [0, 0.1) is 13.8 Å². The number of esters is 1. The van der Waals surface area contributed by atoms with Gasteiger partial charge in [-0.05, 0) is 43.7 Å². The molecular formula is C21H22N4O3. The maximum absolute atomic E-state index is 12.0. The Morgan fingerprint density at radius 3 is 2.64 bits per heavy atom. The van der Waals surface area contributed by atoms with E-state index in [0.29, 0.717) is 23.7 Å². The lowest BCUT2D eigenvalue weighted by atomic mass is 10.1. The smallest absolute Gasteiger partial charge is 0.341 e. The molecule has 0 aliphatic rings. The quantitative estimate of drug-likeness (QED) is 0.656. The molecule has 0 fully saturated rings. The van der Waals surface area contributed by atoms with Gasteiger partial charge in [0.05, 0.1) is 14.2 Å². The summed E-state index contributed by atoms with van der Waals surface area (Å²) >= 11 is 0. The number of hydrogen-bond donors (Lipinski definition) is 1. The Balaban J connectivity index is 1.87. The van der Waals surface area contributed by atoms with Gasteiger partial charge < -0.3 is 14.8 Å². The molecule has 0 atom stereocenters. The third kappa shape index (κ3) is 4.09. The van der Waals surface area contributed by atoms with Crippen LogP contribution in [0.2, 0.25) is 0 Å². The third-order valence-electron chi connectivity index (χ3n) is 4.44. The average Bonchev–Trinajstić information content (AvgIpc) is 2.74. The van der Waals surface area contributed by atoms with E-state index in [2.05, 4.69) is 20.3 Å². The molecule has 0 aliphatic heterocycles. The van der Waals surface area contributed by atoms with Crippen LogP contribution >= 0.6 is 0 Å². The number of anilines is 1. The second-order valence-electron chi connectivity index (χ2n) is 6.23. The molecule has 0 unspecified atom stereocenters. The largest absolute Gasteiger partial charge is 0.496 e. The fraction of sp³-hybridized carbons (Fsp3) is 0.238. The first-order valence-corrected chi connectivity index (χ1v) is 8.78. The lowest BCUT2D eigenvalue weighted by molar-refractivity contribution is 0.0597. The molecule has 1 aromatic carbocycles. The van der Waals surface area contributed by atoms with Crippen LogP contribution in [0.5, 0.6) is 5.75 Å². The van der Waals surface area contributed by atoms with Crippen LogP contribution in [0.1, 0.15) is 27.2 Å². The molecule has 7 heteroatoms. The summed E-state index contributed by atoms with van der Waals surface area (Å²) in [5, 5.41) is 3.34. The number of aryl methyl sites for hydroxylation is 1. The predicted molar refractivity (Wildman–Crippen MR) is 106 cm³/mol. The van der Waals surface area contributed by atoms with Crippen molar-refractivity contribution >= 4 is 11.8 Å². The van der Waals surface area contributed by atoms with Crippen molar-refractivity contribution in [2.75, 3.05) is 19.5 Å². The number of pyridine rings is 1. The highest BCUT2D eigenvalue weighted by atomic mass is 16.5. The van der Waals surface area contributed by atoms with Gasteiger partial charge in [-0.25, -0.2) is 14.8 Å². The van der Waals surface area contributed by atoms with Crippen LogP contribution in [0.15, 0.2) is 42.7 Å². The highest BCUT2D eigenvalue weighted by Crippen LogP contribution is 2.24. The van der Waals surface area contributed by atoms with Gasteiger partial charge in [0, 0.05) is 35.8 Å². The second-order valence-corrected chi connectivity index (χ2v) is 6.23. The van der Waals surface area contributed by atoms with E-state index in [1.807, 2.05) is 32.0 Å². The molecule has 0 saturated carbocycles. The Hall–Kier alpha value is -3.48. The standard InChI is InChI=1S/C21H22N4O3/c1-13-14(2)24-20(16-6-5-9-22-12-16)25-19(13)23-11-15-7-8-18(27-3)17(10-15)21(26)28-4/h5-10,12H,11H2,1-4H3,(H,23,24,25). The SMILES string of the molecule is COC(=O)c1cc(CNc2nc(-c3cccnc3)nc(C)c2C)ccc1OC. The van der Waals surface area contributed by atoms with E-state index < -0.39 is 5.97 Å². The second kappa shape index (κ2) is 8.47. The van der Waals surface area contributed by atoms with E-state index >= 15 is 0 Å². The van der Waals surface area contributed by atoms with E-state index in [1.54, 1.807) is 24.5 Å². The molecule has 0 amide bonds. The Labute approximate surface area is 163 Å². The van der Waals surface area contributed by atoms with Gasteiger partial charge in [0.25, 0.3) is 0 Å². The minimum absolute atomic E-state index is 0.385. The third-order valence-corrected chi connectivity index (χ3v) is 4.44. The minimum Gasteiger partial charge on any atom is -0.496 e. The normalized spacial score (nSPS) is 10.4. The van der Waals surface area contributed by atoms with Gasteiger partial charge >= 0.3 is 5.97 Å². The molecule has 2 heterocycles. The zero-order chi connectivity index (χ0) is 20.1. The topological polar surface area (TPSA) is 86.2 Å². The summed E-state index contributed by atoms with van der Waals surface area (Å²) in [5.41, 5.74) is 4.00. The number of nitrogens with one attached hydrogen (secondary N) is 1. The summed E-state index contributed by atoms with van der Waals surface area (Å²) < 4.78 is 10.1. The summed E-state index contributed by atoms with van der Waals surface area (Å²) in [7, 11) is 2.87. The molecule has 0 radical (unpaired) electrons. The van der Waals surface area contributed by atoms with Crippen LogP contribution in [-0.2, 0) is 11.3 Å². The van der Waals surface area contributed by atoms with E-state index in [0.717, 1.165) is 28.2 Å². The molecule has 3 aromatic rings. The van der Waals surface area contributed by atoms with Crippen molar-refractivity contribution in [1.29, 1.82) is 0 Å². The number of carbonyl (C=O) groups is 1. The molecule has 0 aliphatic carbocycles. The summed E-state index contributed by atoms with van der Waals surface area (Å²) in [5.74, 6) is 1.39. The molecule has 1 N–H and O–H groups in total. The lowest BCUT2D eigenvalue weighted by Crippen LogP contribution is -2.09. The van der Waals surface area contributed by atoms with Gasteiger partial charge in [0.15, 0.2) is 5.82 Å². The Morgan fingerprint density at radius 2 is 1.96 bits per heavy atom. The van der Waals surface area contributed by atoms with Crippen molar-refractivity contribution in [3.8, 4) is 17.1 Å². The lowest BCUT2D eigenvalue weighted by Gasteiger charge is -2.14.